The summed E-state index contributed by atoms with van der Waals surface area (Å²) < 4.78 is 48.2. The molecule has 0 saturated heterocycles. The molecule has 4 rings (SSSR count). The molecule has 40 heavy (non-hydrogen) atoms. The molecule has 1 amide bonds. The third kappa shape index (κ3) is 7.53. The number of sulfonamides is 1. The average molecular weight is 580 g/mol. The van der Waals surface area contributed by atoms with Crippen LogP contribution in [0.4, 0.5) is 4.39 Å². The maximum atomic E-state index is 14.5. The first-order valence-electron chi connectivity index (χ1n) is 12.3. The van der Waals surface area contributed by atoms with E-state index in [2.05, 4.69) is 10.5 Å². The summed E-state index contributed by atoms with van der Waals surface area (Å²) in [6.07, 6.45) is 1.41. The lowest BCUT2D eigenvalue weighted by molar-refractivity contribution is -0.121. The monoisotopic (exact) mass is 579 g/mol. The minimum Gasteiger partial charge on any atom is -0.488 e. The summed E-state index contributed by atoms with van der Waals surface area (Å²) in [6.45, 7) is 1.10. The van der Waals surface area contributed by atoms with E-state index in [-0.39, 0.29) is 15.5 Å². The number of carbonyl (C=O) groups is 1. The molecule has 10 heteroatoms. The Morgan fingerprint density at radius 3 is 2.40 bits per heavy atom. The number of nitrogens with one attached hydrogen (secondary N) is 1. The van der Waals surface area contributed by atoms with Gasteiger partial charge in [-0.1, -0.05) is 77.8 Å². The minimum atomic E-state index is -4.19. The molecule has 0 unspecified atom stereocenters. The molecule has 0 bridgehead atoms. The molecule has 7 nitrogen and oxygen atoms in total. The molecule has 0 radical (unpaired) electrons. The first kappa shape index (κ1) is 28.9. The number of hydrogen-bond donors (Lipinski definition) is 1. The van der Waals surface area contributed by atoms with E-state index in [9.17, 15) is 17.6 Å². The zero-order valence-electron chi connectivity index (χ0n) is 21.6. The summed E-state index contributed by atoms with van der Waals surface area (Å²) in [5.41, 5.74) is 4.78. The number of aryl methyl sites for hydroxylation is 1. The Labute approximate surface area is 237 Å². The Hall–Kier alpha value is -4.05. The summed E-state index contributed by atoms with van der Waals surface area (Å²) in [5, 5.41) is 4.04. The van der Waals surface area contributed by atoms with Crippen LogP contribution in [0.3, 0.4) is 0 Å². The van der Waals surface area contributed by atoms with Crippen molar-refractivity contribution in [3.63, 3.8) is 0 Å². The Bertz CT molecular complexity index is 1580. The fraction of sp³-hybridized carbons (Fsp3) is 0.133. The molecule has 0 aliphatic rings. The highest BCUT2D eigenvalue weighted by Gasteiger charge is 2.28. The zero-order chi connectivity index (χ0) is 28.5. The lowest BCUT2D eigenvalue weighted by Crippen LogP contribution is -2.39. The molecule has 0 spiro atoms. The Morgan fingerprint density at radius 1 is 0.975 bits per heavy atom. The second-order valence-corrected chi connectivity index (χ2v) is 11.2. The molecule has 206 valence electrons. The van der Waals surface area contributed by atoms with Gasteiger partial charge in [-0.3, -0.25) is 4.79 Å². The van der Waals surface area contributed by atoms with Crippen molar-refractivity contribution in [2.45, 2.75) is 25.0 Å². The van der Waals surface area contributed by atoms with Crippen molar-refractivity contribution < 1.29 is 22.3 Å². The molecule has 0 fully saturated rings. The molecular formula is C30H27ClFN3O4S. The van der Waals surface area contributed by atoms with Crippen molar-refractivity contribution >= 4 is 33.7 Å². The molecule has 0 aliphatic heterocycles. The van der Waals surface area contributed by atoms with Crippen molar-refractivity contribution in [1.82, 2.24) is 9.73 Å². The number of nitrogens with zero attached hydrogens (tertiary/aromatic N) is 2. The lowest BCUT2D eigenvalue weighted by Gasteiger charge is -2.22. The molecule has 0 aromatic heterocycles. The van der Waals surface area contributed by atoms with E-state index in [1.165, 1.54) is 36.5 Å². The molecule has 1 N–H and O–H groups in total. The first-order valence-corrected chi connectivity index (χ1v) is 14.1. The van der Waals surface area contributed by atoms with Crippen LogP contribution in [0.1, 0.15) is 22.3 Å². The van der Waals surface area contributed by atoms with Crippen LogP contribution in [0.15, 0.2) is 107 Å². The second-order valence-electron chi connectivity index (χ2n) is 8.89. The molecule has 4 aromatic rings. The largest absolute Gasteiger partial charge is 0.488 e. The summed E-state index contributed by atoms with van der Waals surface area (Å²) in [7, 11) is -4.19. The van der Waals surface area contributed by atoms with Crippen LogP contribution in [-0.2, 0) is 28.0 Å². The van der Waals surface area contributed by atoms with Gasteiger partial charge in [0.1, 0.15) is 18.2 Å². The van der Waals surface area contributed by atoms with Gasteiger partial charge in [0.25, 0.3) is 5.91 Å². The number of rotatable bonds is 11. The topological polar surface area (TPSA) is 88.1 Å². The third-order valence-electron chi connectivity index (χ3n) is 5.92. The highest BCUT2D eigenvalue weighted by Crippen LogP contribution is 2.25. The molecule has 0 aliphatic carbocycles. The number of hydrogen-bond acceptors (Lipinski definition) is 5. The second kappa shape index (κ2) is 13.3. The Morgan fingerprint density at radius 2 is 1.68 bits per heavy atom. The predicted molar refractivity (Wildman–Crippen MR) is 153 cm³/mol. The van der Waals surface area contributed by atoms with Gasteiger partial charge in [-0.2, -0.15) is 9.41 Å². The Balaban J connectivity index is 1.50. The van der Waals surface area contributed by atoms with Crippen LogP contribution in [0.25, 0.3) is 0 Å². The third-order valence-corrected chi connectivity index (χ3v) is 8.08. The quantitative estimate of drug-likeness (QED) is 0.182. The molecule has 0 atom stereocenters. The van der Waals surface area contributed by atoms with E-state index in [1.54, 1.807) is 30.3 Å². The van der Waals surface area contributed by atoms with Gasteiger partial charge in [-0.25, -0.2) is 18.2 Å². The van der Waals surface area contributed by atoms with Gasteiger partial charge in [0.05, 0.1) is 17.7 Å². The maximum Gasteiger partial charge on any atom is 0.255 e. The van der Waals surface area contributed by atoms with Crippen LogP contribution < -0.4 is 10.2 Å². The Kier molecular flexibility index (Phi) is 9.65. The van der Waals surface area contributed by atoms with Gasteiger partial charge in [-0.15, -0.1) is 0 Å². The van der Waals surface area contributed by atoms with E-state index in [1.807, 2.05) is 43.3 Å². The van der Waals surface area contributed by atoms with E-state index in [0.717, 1.165) is 15.4 Å². The van der Waals surface area contributed by atoms with E-state index < -0.39 is 34.8 Å². The number of halogens is 2. The molecular weight excluding hydrogens is 553 g/mol. The van der Waals surface area contributed by atoms with Crippen molar-refractivity contribution in [1.29, 1.82) is 0 Å². The number of hydrazone groups is 1. The molecule has 0 heterocycles. The summed E-state index contributed by atoms with van der Waals surface area (Å²) in [6, 6.07) is 27.0. The smallest absolute Gasteiger partial charge is 0.255 e. The van der Waals surface area contributed by atoms with Crippen LogP contribution >= 0.6 is 11.6 Å². The number of carbonyl (C=O) groups excluding carboxylic acids is 1. The van der Waals surface area contributed by atoms with Crippen LogP contribution in [-0.4, -0.2) is 31.4 Å². The lowest BCUT2D eigenvalue weighted by atomic mass is 10.2. The van der Waals surface area contributed by atoms with E-state index in [4.69, 9.17) is 16.3 Å². The van der Waals surface area contributed by atoms with E-state index in [0.29, 0.717) is 17.9 Å². The van der Waals surface area contributed by atoms with Crippen molar-refractivity contribution in [2.24, 2.45) is 5.10 Å². The minimum absolute atomic E-state index is 0.0358. The summed E-state index contributed by atoms with van der Waals surface area (Å²) >= 11 is 6.16. The summed E-state index contributed by atoms with van der Waals surface area (Å²) in [5.74, 6) is -0.841. The normalized spacial score (nSPS) is 11.6. The molecule has 4 aromatic carbocycles. The zero-order valence-corrected chi connectivity index (χ0v) is 23.2. The SMILES string of the molecule is Cc1ccc(S(=O)(=O)N(CC(=O)N/N=C\c2ccccc2OCc2ccccc2)Cc2c(F)cccc2Cl)cc1. The molecule has 0 saturated carbocycles. The number of benzene rings is 4. The van der Waals surface area contributed by atoms with Crippen LogP contribution in [0, 0.1) is 12.7 Å². The first-order chi connectivity index (χ1) is 19.2. The average Bonchev–Trinajstić information content (AvgIpc) is 2.94. The van der Waals surface area contributed by atoms with Crippen molar-refractivity contribution in [2.75, 3.05) is 6.54 Å². The number of ether oxygens (including phenoxy) is 1. The van der Waals surface area contributed by atoms with Gasteiger partial charge >= 0.3 is 0 Å². The maximum absolute atomic E-state index is 14.5. The number of para-hydroxylation sites is 1. The van der Waals surface area contributed by atoms with Crippen LogP contribution in [0.2, 0.25) is 5.02 Å². The van der Waals surface area contributed by atoms with Gasteiger partial charge in [0, 0.05) is 22.7 Å². The van der Waals surface area contributed by atoms with Crippen molar-refractivity contribution in [3.05, 3.63) is 130 Å². The van der Waals surface area contributed by atoms with Gasteiger partial charge in [0.15, 0.2) is 0 Å². The number of amides is 1. The van der Waals surface area contributed by atoms with Gasteiger partial charge < -0.3 is 4.74 Å². The van der Waals surface area contributed by atoms with Crippen LogP contribution in [0.5, 0.6) is 5.75 Å². The van der Waals surface area contributed by atoms with Gasteiger partial charge in [-0.05, 0) is 48.9 Å². The fourth-order valence-corrected chi connectivity index (χ4v) is 5.36. The van der Waals surface area contributed by atoms with Gasteiger partial charge in [0.2, 0.25) is 10.0 Å². The van der Waals surface area contributed by atoms with E-state index >= 15 is 0 Å². The standard InChI is InChI=1S/C30H27ClFN3O4S/c1-22-14-16-25(17-15-22)40(37,38)35(19-26-27(31)11-7-12-28(26)32)20-30(36)34-33-18-24-10-5-6-13-29(24)39-21-23-8-3-2-4-9-23/h2-18H,19-21H2,1H3,(H,34,36)/b33-18-. The highest BCUT2D eigenvalue weighted by molar-refractivity contribution is 7.89. The fourth-order valence-electron chi connectivity index (χ4n) is 3.77. The van der Waals surface area contributed by atoms with Crippen molar-refractivity contribution in [3.8, 4) is 5.75 Å². The predicted octanol–water partition coefficient (Wildman–Crippen LogP) is 5.71. The highest BCUT2D eigenvalue weighted by atomic mass is 35.5. The summed E-state index contributed by atoms with van der Waals surface area (Å²) in [4.78, 5) is 12.8.